The van der Waals surface area contributed by atoms with Crippen molar-refractivity contribution in [2.45, 2.75) is 55.6 Å². The first kappa shape index (κ1) is 34.4. The number of methoxy groups -OCH3 is 2. The molecule has 1 fully saturated rings. The number of esters is 1. The molecule has 0 saturated carbocycles. The second-order valence-electron chi connectivity index (χ2n) is 11.3. The van der Waals surface area contributed by atoms with Gasteiger partial charge in [0.25, 0.3) is 0 Å². The van der Waals surface area contributed by atoms with E-state index in [0.717, 1.165) is 15.9 Å². The fraction of sp³-hybridized carbons (Fsp3) is 0.394. The molecule has 1 saturated heterocycles. The number of nitrogens with zero attached hydrogens (tertiary/aromatic N) is 2. The van der Waals surface area contributed by atoms with Crippen LogP contribution in [-0.2, 0) is 37.2 Å². The van der Waals surface area contributed by atoms with Gasteiger partial charge < -0.3 is 28.8 Å². The predicted molar refractivity (Wildman–Crippen MR) is 170 cm³/mol. The van der Waals surface area contributed by atoms with Crippen molar-refractivity contribution in [3.8, 4) is 23.0 Å². The van der Waals surface area contributed by atoms with Crippen LogP contribution in [0.2, 0.25) is 0 Å². The van der Waals surface area contributed by atoms with Crippen molar-refractivity contribution < 1.29 is 51.7 Å². The molecular weight excluding hydrogens is 648 g/mol. The predicted octanol–water partition coefficient (Wildman–Crippen LogP) is 4.47. The van der Waals surface area contributed by atoms with Crippen LogP contribution in [-0.4, -0.2) is 74.7 Å². The van der Waals surface area contributed by atoms with Gasteiger partial charge in [0.1, 0.15) is 17.9 Å². The molecule has 3 aromatic rings. The number of carbonyl (C=O) groups excluding carboxylic acids is 1. The molecule has 0 aromatic heterocycles. The number of hydrogen-bond donors (Lipinski definition) is 1. The number of sulfonamides is 1. The van der Waals surface area contributed by atoms with Crippen molar-refractivity contribution in [2.24, 2.45) is 0 Å². The average Bonchev–Trinajstić information content (AvgIpc) is 3.57. The molecule has 0 radical (unpaired) electrons. The first-order valence-electron chi connectivity index (χ1n) is 15.3. The van der Waals surface area contributed by atoms with Crippen molar-refractivity contribution in [3.05, 3.63) is 81.4 Å². The van der Waals surface area contributed by atoms with E-state index in [2.05, 4.69) is 0 Å². The molecule has 14 nitrogen and oxygen atoms in total. The zero-order valence-corrected chi connectivity index (χ0v) is 27.3. The number of carbonyl (C=O) groups is 2. The summed E-state index contributed by atoms with van der Waals surface area (Å²) in [7, 11) is -1.30. The van der Waals surface area contributed by atoms with Crippen LogP contribution < -0.4 is 18.9 Å². The highest BCUT2D eigenvalue weighted by molar-refractivity contribution is 7.89. The highest BCUT2D eigenvalue weighted by Gasteiger charge is 2.41. The highest BCUT2D eigenvalue weighted by Crippen LogP contribution is 2.40. The Labute approximate surface area is 277 Å². The molecule has 0 amide bonds. The summed E-state index contributed by atoms with van der Waals surface area (Å²) in [5.41, 5.74) is 1.35. The van der Waals surface area contributed by atoms with Gasteiger partial charge >= 0.3 is 17.6 Å². The molecular formula is C33H36N2O12S. The fourth-order valence-corrected chi connectivity index (χ4v) is 7.62. The van der Waals surface area contributed by atoms with E-state index in [1.807, 2.05) is 6.07 Å². The van der Waals surface area contributed by atoms with E-state index in [9.17, 15) is 28.1 Å². The van der Waals surface area contributed by atoms with Crippen LogP contribution >= 0.6 is 0 Å². The Morgan fingerprint density at radius 1 is 1.08 bits per heavy atom. The van der Waals surface area contributed by atoms with E-state index in [1.54, 1.807) is 36.4 Å². The molecule has 1 N–H and O–H groups in total. The summed E-state index contributed by atoms with van der Waals surface area (Å²) in [6, 6.07) is 13.1. The SMILES string of the molecule is COc1ccc(CC[C@@H](OC(=O)C2CCCCN2S(=O)(=O)c2cc3c(c([N+](=O)[O-])c2)OCC3)c2cccc(OCC(=O)O)c2)cc1OC. The van der Waals surface area contributed by atoms with Gasteiger partial charge in [-0.15, -0.1) is 0 Å². The Morgan fingerprint density at radius 2 is 1.88 bits per heavy atom. The molecule has 48 heavy (non-hydrogen) atoms. The second kappa shape index (κ2) is 14.9. The molecule has 0 spiro atoms. The number of nitro benzene ring substituents is 1. The van der Waals surface area contributed by atoms with Crippen molar-refractivity contribution >= 4 is 27.6 Å². The number of piperidine rings is 1. The maximum Gasteiger partial charge on any atom is 0.341 e. The van der Waals surface area contributed by atoms with E-state index in [0.29, 0.717) is 48.3 Å². The molecule has 0 aliphatic carbocycles. The smallest absolute Gasteiger partial charge is 0.341 e. The first-order chi connectivity index (χ1) is 23.0. The maximum atomic E-state index is 14.0. The number of hydrogen-bond acceptors (Lipinski definition) is 11. The normalized spacial score (nSPS) is 16.7. The van der Waals surface area contributed by atoms with Crippen LogP contribution in [0, 0.1) is 10.1 Å². The van der Waals surface area contributed by atoms with Gasteiger partial charge in [-0.25, -0.2) is 13.2 Å². The Hall–Kier alpha value is -4.89. The Bertz CT molecular complexity index is 1800. The summed E-state index contributed by atoms with van der Waals surface area (Å²) < 4.78 is 56.6. The lowest BCUT2D eigenvalue weighted by atomic mass is 10.00. The molecule has 2 aliphatic heterocycles. The molecule has 15 heteroatoms. The monoisotopic (exact) mass is 684 g/mol. The lowest BCUT2D eigenvalue weighted by molar-refractivity contribution is -0.385. The van der Waals surface area contributed by atoms with Crippen molar-refractivity contribution in [1.82, 2.24) is 4.31 Å². The highest BCUT2D eigenvalue weighted by atomic mass is 32.2. The van der Waals surface area contributed by atoms with Crippen molar-refractivity contribution in [3.63, 3.8) is 0 Å². The lowest BCUT2D eigenvalue weighted by Gasteiger charge is -2.34. The summed E-state index contributed by atoms with van der Waals surface area (Å²) in [6.45, 7) is -0.342. The van der Waals surface area contributed by atoms with Crippen molar-refractivity contribution in [1.29, 1.82) is 0 Å². The van der Waals surface area contributed by atoms with E-state index >= 15 is 0 Å². The average molecular weight is 685 g/mol. The topological polar surface area (TPSA) is 181 Å². The van der Waals surface area contributed by atoms with Crippen LogP contribution in [0.15, 0.2) is 59.5 Å². The Balaban J connectivity index is 1.43. The number of aliphatic carboxylic acids is 1. The van der Waals surface area contributed by atoms with Crippen LogP contribution in [0.5, 0.6) is 23.0 Å². The lowest BCUT2D eigenvalue weighted by Crippen LogP contribution is -2.48. The van der Waals surface area contributed by atoms with Gasteiger partial charge in [0.2, 0.25) is 15.8 Å². The van der Waals surface area contributed by atoms with Crippen LogP contribution in [0.25, 0.3) is 0 Å². The number of carboxylic acids is 1. The van der Waals surface area contributed by atoms with E-state index < -0.39 is 51.3 Å². The minimum absolute atomic E-state index is 0.0261. The van der Waals surface area contributed by atoms with Gasteiger partial charge in [-0.2, -0.15) is 4.31 Å². The molecule has 2 aliphatic rings. The zero-order valence-electron chi connectivity index (χ0n) is 26.5. The van der Waals surface area contributed by atoms with Crippen molar-refractivity contribution in [2.75, 3.05) is 34.0 Å². The summed E-state index contributed by atoms with van der Waals surface area (Å²) in [5, 5.41) is 20.8. The Kier molecular flexibility index (Phi) is 10.7. The number of rotatable bonds is 14. The van der Waals surface area contributed by atoms with E-state index in [-0.39, 0.29) is 42.4 Å². The zero-order chi connectivity index (χ0) is 34.4. The number of aryl methyl sites for hydroxylation is 1. The fourth-order valence-electron chi connectivity index (χ4n) is 5.90. The molecule has 1 unspecified atom stereocenters. The van der Waals surface area contributed by atoms with Crippen LogP contribution in [0.3, 0.4) is 0 Å². The van der Waals surface area contributed by atoms with Crippen LogP contribution in [0.4, 0.5) is 5.69 Å². The standard InChI is InChI=1S/C33H36N2O12S/c1-43-29-12-10-21(16-30(29)44-2)9-11-28(22-6-5-7-24(17-22)46-20-31(36)37)47-33(38)26-8-3-4-14-34(26)48(41,42)25-18-23-13-15-45-32(23)27(19-25)35(39)40/h5-7,10,12,16-19,26,28H,3-4,8-9,11,13-15,20H2,1-2H3,(H,36,37)/t26?,28-/m1/s1. The summed E-state index contributed by atoms with van der Waals surface area (Å²) in [5.74, 6) is -0.545. The third-order valence-corrected chi connectivity index (χ3v) is 10.1. The largest absolute Gasteiger partial charge is 0.493 e. The second-order valence-corrected chi connectivity index (χ2v) is 13.2. The minimum atomic E-state index is -4.35. The van der Waals surface area contributed by atoms with E-state index in [1.165, 1.54) is 20.3 Å². The Morgan fingerprint density at radius 3 is 2.60 bits per heavy atom. The van der Waals surface area contributed by atoms with Crippen LogP contribution in [0.1, 0.15) is 48.5 Å². The molecule has 256 valence electrons. The third-order valence-electron chi connectivity index (χ3n) is 8.26. The number of fused-ring (bicyclic) bond motifs is 1. The van der Waals surface area contributed by atoms with Gasteiger partial charge in [0, 0.05) is 24.6 Å². The summed E-state index contributed by atoms with van der Waals surface area (Å²) >= 11 is 0. The molecule has 3 aromatic carbocycles. The number of nitro groups is 1. The number of benzene rings is 3. The first-order valence-corrected chi connectivity index (χ1v) is 16.8. The minimum Gasteiger partial charge on any atom is -0.493 e. The third kappa shape index (κ3) is 7.63. The van der Waals surface area contributed by atoms with Gasteiger partial charge in [-0.3, -0.25) is 14.9 Å². The van der Waals surface area contributed by atoms with Gasteiger partial charge in [0.15, 0.2) is 18.1 Å². The summed E-state index contributed by atoms with van der Waals surface area (Å²) in [4.78, 5) is 35.8. The molecule has 0 bridgehead atoms. The molecule has 2 heterocycles. The van der Waals surface area contributed by atoms with Gasteiger partial charge in [-0.1, -0.05) is 18.2 Å². The maximum absolute atomic E-state index is 14.0. The quantitative estimate of drug-likeness (QED) is 0.143. The van der Waals surface area contributed by atoms with Gasteiger partial charge in [0.05, 0.1) is 30.6 Å². The number of ether oxygens (including phenoxy) is 5. The molecule has 5 rings (SSSR count). The van der Waals surface area contributed by atoms with Gasteiger partial charge in [-0.05, 0) is 73.6 Å². The summed E-state index contributed by atoms with van der Waals surface area (Å²) in [6.07, 6.45) is 1.40. The number of carboxylic acid groups (broad SMARTS) is 1. The molecule has 2 atom stereocenters. The van der Waals surface area contributed by atoms with E-state index in [4.69, 9.17) is 28.8 Å².